The first kappa shape index (κ1) is 13.5. The normalized spacial score (nSPS) is 26.3. The molecule has 1 aliphatic heterocycles. The average Bonchev–Trinajstić information content (AvgIpc) is 2.29. The number of likely N-dealkylation sites (tertiary alicyclic amines) is 1. The van der Waals surface area contributed by atoms with Gasteiger partial charge in [-0.25, -0.2) is 0 Å². The zero-order valence-corrected chi connectivity index (χ0v) is 10.8. The van der Waals surface area contributed by atoms with Gasteiger partial charge in [-0.15, -0.1) is 0 Å². The van der Waals surface area contributed by atoms with Crippen molar-refractivity contribution in [1.29, 1.82) is 0 Å². The minimum atomic E-state index is -0.625. The van der Waals surface area contributed by atoms with E-state index in [4.69, 9.17) is 5.11 Å². The number of aliphatic carboxylic acids is 1. The van der Waals surface area contributed by atoms with E-state index in [9.17, 15) is 4.79 Å². The summed E-state index contributed by atoms with van der Waals surface area (Å²) in [5.41, 5.74) is 0.197. The molecule has 0 radical (unpaired) electrons. The summed E-state index contributed by atoms with van der Waals surface area (Å²) in [5, 5.41) is 9.10. The van der Waals surface area contributed by atoms with E-state index in [-0.39, 0.29) is 11.5 Å². The van der Waals surface area contributed by atoms with Gasteiger partial charge in [0.05, 0.1) is 5.92 Å². The summed E-state index contributed by atoms with van der Waals surface area (Å²) < 4.78 is 0. The van der Waals surface area contributed by atoms with Gasteiger partial charge in [-0.05, 0) is 39.2 Å². The molecule has 0 amide bonds. The van der Waals surface area contributed by atoms with Gasteiger partial charge >= 0.3 is 5.97 Å². The second kappa shape index (κ2) is 5.67. The zero-order valence-electron chi connectivity index (χ0n) is 10.8. The molecule has 0 bridgehead atoms. The maximum Gasteiger partial charge on any atom is 0.307 e. The molecule has 1 N–H and O–H groups in total. The third-order valence-corrected chi connectivity index (χ3v) is 4.08. The fraction of sp³-hybridized carbons (Fsp3) is 0.923. The van der Waals surface area contributed by atoms with Crippen molar-refractivity contribution >= 4 is 5.97 Å². The van der Waals surface area contributed by atoms with Crippen molar-refractivity contribution in [3.8, 4) is 0 Å². The van der Waals surface area contributed by atoms with Crippen LogP contribution in [0.3, 0.4) is 0 Å². The van der Waals surface area contributed by atoms with Crippen molar-refractivity contribution in [3.05, 3.63) is 0 Å². The van der Waals surface area contributed by atoms with Crippen molar-refractivity contribution in [2.75, 3.05) is 13.1 Å². The summed E-state index contributed by atoms with van der Waals surface area (Å²) in [6.07, 6.45) is 5.30. The molecular formula is C13H25NO2. The van der Waals surface area contributed by atoms with Gasteiger partial charge in [-0.1, -0.05) is 20.3 Å². The molecule has 0 spiro atoms. The fourth-order valence-corrected chi connectivity index (χ4v) is 2.77. The smallest absolute Gasteiger partial charge is 0.307 e. The molecule has 16 heavy (non-hydrogen) atoms. The summed E-state index contributed by atoms with van der Waals surface area (Å²) in [6.45, 7) is 8.49. The highest BCUT2D eigenvalue weighted by Crippen LogP contribution is 2.30. The van der Waals surface area contributed by atoms with Crippen LogP contribution in [0.5, 0.6) is 0 Å². The lowest BCUT2D eigenvalue weighted by molar-refractivity contribution is -0.144. The molecule has 1 heterocycles. The number of carbonyl (C=O) groups is 1. The molecule has 0 aromatic heterocycles. The highest BCUT2D eigenvalue weighted by Gasteiger charge is 2.35. The van der Waals surface area contributed by atoms with Gasteiger partial charge in [0.15, 0.2) is 0 Å². The molecule has 0 aliphatic carbocycles. The van der Waals surface area contributed by atoms with Crippen LogP contribution in [-0.2, 0) is 4.79 Å². The Morgan fingerprint density at radius 3 is 2.69 bits per heavy atom. The molecule has 0 saturated carbocycles. The van der Waals surface area contributed by atoms with Gasteiger partial charge in [-0.3, -0.25) is 9.69 Å². The van der Waals surface area contributed by atoms with Crippen LogP contribution in [-0.4, -0.2) is 34.6 Å². The Labute approximate surface area is 98.8 Å². The van der Waals surface area contributed by atoms with E-state index < -0.39 is 5.97 Å². The lowest BCUT2D eigenvalue weighted by Gasteiger charge is -2.44. The second-order valence-corrected chi connectivity index (χ2v) is 5.22. The molecular weight excluding hydrogens is 202 g/mol. The van der Waals surface area contributed by atoms with Crippen LogP contribution >= 0.6 is 0 Å². The van der Waals surface area contributed by atoms with E-state index >= 15 is 0 Å². The van der Waals surface area contributed by atoms with Crippen molar-refractivity contribution in [2.45, 2.75) is 58.4 Å². The number of hydrogen-bond acceptors (Lipinski definition) is 2. The quantitative estimate of drug-likeness (QED) is 0.785. The van der Waals surface area contributed by atoms with Crippen LogP contribution in [0.15, 0.2) is 0 Å². The van der Waals surface area contributed by atoms with Crippen molar-refractivity contribution in [2.24, 2.45) is 5.92 Å². The summed E-state index contributed by atoms with van der Waals surface area (Å²) in [7, 11) is 0. The Morgan fingerprint density at radius 2 is 2.19 bits per heavy atom. The summed E-state index contributed by atoms with van der Waals surface area (Å²) in [4.78, 5) is 13.4. The van der Waals surface area contributed by atoms with Gasteiger partial charge in [0.2, 0.25) is 0 Å². The van der Waals surface area contributed by atoms with E-state index in [1.54, 1.807) is 0 Å². The SMILES string of the molecule is CCCC(C)(CC)N1CCC[C@@H](C(=O)O)C1. The molecule has 1 aliphatic rings. The summed E-state index contributed by atoms with van der Waals surface area (Å²) in [6, 6.07) is 0. The number of hydrogen-bond donors (Lipinski definition) is 1. The van der Waals surface area contributed by atoms with Gasteiger partial charge in [0, 0.05) is 12.1 Å². The average molecular weight is 227 g/mol. The number of piperidine rings is 1. The fourth-order valence-electron chi connectivity index (χ4n) is 2.77. The molecule has 3 nitrogen and oxygen atoms in total. The molecule has 3 heteroatoms. The third kappa shape index (κ3) is 2.97. The molecule has 1 saturated heterocycles. The molecule has 0 aromatic carbocycles. The minimum absolute atomic E-state index is 0.156. The largest absolute Gasteiger partial charge is 0.481 e. The van der Waals surface area contributed by atoms with Gasteiger partial charge in [0.1, 0.15) is 0 Å². The van der Waals surface area contributed by atoms with Gasteiger partial charge in [0.25, 0.3) is 0 Å². The molecule has 1 unspecified atom stereocenters. The highest BCUT2D eigenvalue weighted by molar-refractivity contribution is 5.70. The summed E-state index contributed by atoms with van der Waals surface area (Å²) in [5.74, 6) is -0.781. The highest BCUT2D eigenvalue weighted by atomic mass is 16.4. The molecule has 94 valence electrons. The van der Waals surface area contributed by atoms with Crippen LogP contribution in [0.2, 0.25) is 0 Å². The van der Waals surface area contributed by atoms with Gasteiger partial charge in [-0.2, -0.15) is 0 Å². The number of nitrogens with zero attached hydrogens (tertiary/aromatic N) is 1. The van der Waals surface area contributed by atoms with E-state index in [2.05, 4.69) is 25.7 Å². The predicted molar refractivity (Wildman–Crippen MR) is 65.5 cm³/mol. The predicted octanol–water partition coefficient (Wildman–Crippen LogP) is 2.75. The number of carboxylic acids is 1. The van der Waals surface area contributed by atoms with Crippen LogP contribution < -0.4 is 0 Å². The molecule has 0 aromatic rings. The third-order valence-electron chi connectivity index (χ3n) is 4.08. The van der Waals surface area contributed by atoms with E-state index in [0.29, 0.717) is 0 Å². The minimum Gasteiger partial charge on any atom is -0.481 e. The standard InChI is InChI=1S/C13H25NO2/c1-4-8-13(3,5-2)14-9-6-7-11(10-14)12(15)16/h11H,4-10H2,1-3H3,(H,15,16)/t11-,13?/m1/s1. The Bertz CT molecular complexity index is 242. The van der Waals surface area contributed by atoms with Crippen LogP contribution in [0.25, 0.3) is 0 Å². The lowest BCUT2D eigenvalue weighted by atomic mass is 9.86. The first-order chi connectivity index (χ1) is 7.53. The van der Waals surface area contributed by atoms with Crippen molar-refractivity contribution < 1.29 is 9.90 Å². The van der Waals surface area contributed by atoms with Crippen LogP contribution in [0.4, 0.5) is 0 Å². The van der Waals surface area contributed by atoms with Crippen LogP contribution in [0, 0.1) is 5.92 Å². The Hall–Kier alpha value is -0.570. The number of carboxylic acid groups (broad SMARTS) is 1. The maximum atomic E-state index is 11.0. The van der Waals surface area contributed by atoms with E-state index in [0.717, 1.165) is 38.8 Å². The second-order valence-electron chi connectivity index (χ2n) is 5.22. The first-order valence-corrected chi connectivity index (χ1v) is 6.51. The van der Waals surface area contributed by atoms with Crippen molar-refractivity contribution in [1.82, 2.24) is 4.90 Å². The lowest BCUT2D eigenvalue weighted by Crippen LogP contribution is -2.51. The molecule has 2 atom stereocenters. The zero-order chi connectivity index (χ0) is 12.2. The van der Waals surface area contributed by atoms with Crippen LogP contribution in [0.1, 0.15) is 52.9 Å². The van der Waals surface area contributed by atoms with E-state index in [1.165, 1.54) is 6.42 Å². The Kier molecular flexibility index (Phi) is 4.78. The molecule has 1 rings (SSSR count). The maximum absolute atomic E-state index is 11.0. The Balaban J connectivity index is 2.67. The molecule has 1 fully saturated rings. The first-order valence-electron chi connectivity index (χ1n) is 6.51. The van der Waals surface area contributed by atoms with Gasteiger partial charge < -0.3 is 5.11 Å². The monoisotopic (exact) mass is 227 g/mol. The Morgan fingerprint density at radius 1 is 1.50 bits per heavy atom. The number of rotatable bonds is 5. The van der Waals surface area contributed by atoms with E-state index in [1.807, 2.05) is 0 Å². The summed E-state index contributed by atoms with van der Waals surface area (Å²) >= 11 is 0. The topological polar surface area (TPSA) is 40.5 Å². The van der Waals surface area contributed by atoms with Crippen molar-refractivity contribution in [3.63, 3.8) is 0 Å².